The number of hydrogen-bond acceptors (Lipinski definition) is 5. The van der Waals surface area contributed by atoms with E-state index in [-0.39, 0.29) is 12.5 Å². The van der Waals surface area contributed by atoms with Gasteiger partial charge in [-0.1, -0.05) is 5.21 Å². The largest absolute Gasteiger partial charge is 0.344 e. The standard InChI is InChI=1S/C8H11N7O/c1-4-7(5(2)11-10-4)8(16)9-3-6-12-14-15-13-6/h3H2,1-2H3,(H,9,16)(H,10,11)(H,12,13,14,15). The molecule has 2 aromatic rings. The molecule has 0 aliphatic heterocycles. The number of rotatable bonds is 3. The Morgan fingerprint density at radius 1 is 1.38 bits per heavy atom. The molecule has 0 spiro atoms. The van der Waals surface area contributed by atoms with Crippen molar-refractivity contribution >= 4 is 5.91 Å². The summed E-state index contributed by atoms with van der Waals surface area (Å²) < 4.78 is 0. The van der Waals surface area contributed by atoms with Gasteiger partial charge in [0, 0.05) is 5.69 Å². The molecule has 0 aliphatic rings. The molecule has 0 unspecified atom stereocenters. The zero-order chi connectivity index (χ0) is 11.5. The molecule has 3 N–H and O–H groups in total. The van der Waals surface area contributed by atoms with Crippen molar-refractivity contribution in [1.29, 1.82) is 0 Å². The number of nitrogens with one attached hydrogen (secondary N) is 3. The van der Waals surface area contributed by atoms with Crippen LogP contribution in [0.5, 0.6) is 0 Å². The molecule has 0 bridgehead atoms. The molecule has 0 aromatic carbocycles. The van der Waals surface area contributed by atoms with E-state index in [2.05, 4.69) is 36.1 Å². The molecular weight excluding hydrogens is 210 g/mol. The van der Waals surface area contributed by atoms with Crippen molar-refractivity contribution < 1.29 is 4.79 Å². The maximum Gasteiger partial charge on any atom is 0.255 e. The third kappa shape index (κ3) is 1.90. The molecule has 0 aliphatic carbocycles. The number of tetrazole rings is 1. The quantitative estimate of drug-likeness (QED) is 0.645. The predicted octanol–water partition coefficient (Wildman–Crippen LogP) is -0.530. The van der Waals surface area contributed by atoms with Gasteiger partial charge < -0.3 is 5.32 Å². The van der Waals surface area contributed by atoms with Gasteiger partial charge in [-0.15, -0.1) is 10.2 Å². The van der Waals surface area contributed by atoms with Gasteiger partial charge in [0.05, 0.1) is 17.8 Å². The molecule has 0 fully saturated rings. The highest BCUT2D eigenvalue weighted by atomic mass is 16.1. The second-order valence-corrected chi connectivity index (χ2v) is 3.32. The summed E-state index contributed by atoms with van der Waals surface area (Å²) in [7, 11) is 0. The van der Waals surface area contributed by atoms with Crippen LogP contribution in [0.4, 0.5) is 0 Å². The van der Waals surface area contributed by atoms with Gasteiger partial charge in [0.15, 0.2) is 5.82 Å². The van der Waals surface area contributed by atoms with Crippen LogP contribution in [0.15, 0.2) is 0 Å². The first-order valence-corrected chi connectivity index (χ1v) is 4.70. The van der Waals surface area contributed by atoms with E-state index < -0.39 is 0 Å². The summed E-state index contributed by atoms with van der Waals surface area (Å²) in [6.45, 7) is 3.80. The number of aryl methyl sites for hydroxylation is 2. The first-order chi connectivity index (χ1) is 7.68. The van der Waals surface area contributed by atoms with Crippen molar-refractivity contribution in [2.75, 3.05) is 0 Å². The monoisotopic (exact) mass is 221 g/mol. The minimum Gasteiger partial charge on any atom is -0.344 e. The maximum atomic E-state index is 11.8. The number of aromatic amines is 2. The lowest BCUT2D eigenvalue weighted by Gasteiger charge is -2.01. The molecule has 0 saturated heterocycles. The number of carbonyl (C=O) groups is 1. The Hall–Kier alpha value is -2.25. The molecule has 84 valence electrons. The minimum absolute atomic E-state index is 0.200. The number of H-pyrrole nitrogens is 2. The molecule has 1 amide bonds. The van der Waals surface area contributed by atoms with Crippen LogP contribution in [0.2, 0.25) is 0 Å². The topological polar surface area (TPSA) is 112 Å². The van der Waals surface area contributed by atoms with Crippen molar-refractivity contribution in [1.82, 2.24) is 36.1 Å². The molecule has 0 radical (unpaired) electrons. The van der Waals surface area contributed by atoms with Crippen LogP contribution in [0.3, 0.4) is 0 Å². The predicted molar refractivity (Wildman–Crippen MR) is 53.4 cm³/mol. The Labute approximate surface area is 90.8 Å². The number of aromatic nitrogens is 6. The first-order valence-electron chi connectivity index (χ1n) is 4.70. The number of nitrogens with zero attached hydrogens (tertiary/aromatic N) is 4. The van der Waals surface area contributed by atoms with Gasteiger partial charge >= 0.3 is 0 Å². The Morgan fingerprint density at radius 3 is 2.75 bits per heavy atom. The summed E-state index contributed by atoms with van der Waals surface area (Å²) in [5.41, 5.74) is 1.97. The van der Waals surface area contributed by atoms with Crippen molar-refractivity contribution in [3.05, 3.63) is 22.8 Å². The van der Waals surface area contributed by atoms with Crippen molar-refractivity contribution in [3.8, 4) is 0 Å². The van der Waals surface area contributed by atoms with E-state index in [0.717, 1.165) is 5.69 Å². The Bertz CT molecular complexity index is 467. The van der Waals surface area contributed by atoms with E-state index in [0.29, 0.717) is 17.1 Å². The van der Waals surface area contributed by atoms with Crippen LogP contribution in [-0.4, -0.2) is 36.7 Å². The van der Waals surface area contributed by atoms with E-state index in [9.17, 15) is 4.79 Å². The molecule has 2 heterocycles. The lowest BCUT2D eigenvalue weighted by atomic mass is 10.2. The zero-order valence-corrected chi connectivity index (χ0v) is 8.90. The van der Waals surface area contributed by atoms with E-state index in [1.165, 1.54) is 0 Å². The molecule has 2 aromatic heterocycles. The van der Waals surface area contributed by atoms with Crippen LogP contribution >= 0.6 is 0 Å². The Morgan fingerprint density at radius 2 is 2.19 bits per heavy atom. The van der Waals surface area contributed by atoms with Gasteiger partial charge in [-0.25, -0.2) is 0 Å². The van der Waals surface area contributed by atoms with Gasteiger partial charge in [0.2, 0.25) is 0 Å². The van der Waals surface area contributed by atoms with E-state index in [1.54, 1.807) is 13.8 Å². The van der Waals surface area contributed by atoms with Gasteiger partial charge in [-0.05, 0) is 13.8 Å². The minimum atomic E-state index is -0.200. The molecule has 8 heteroatoms. The maximum absolute atomic E-state index is 11.8. The van der Waals surface area contributed by atoms with Crippen LogP contribution in [0, 0.1) is 13.8 Å². The van der Waals surface area contributed by atoms with Crippen molar-refractivity contribution in [3.63, 3.8) is 0 Å². The van der Waals surface area contributed by atoms with E-state index in [4.69, 9.17) is 0 Å². The lowest BCUT2D eigenvalue weighted by Crippen LogP contribution is -2.24. The molecule has 16 heavy (non-hydrogen) atoms. The summed E-state index contributed by atoms with van der Waals surface area (Å²) in [5.74, 6) is 0.237. The van der Waals surface area contributed by atoms with E-state index in [1.807, 2.05) is 0 Å². The third-order valence-electron chi connectivity index (χ3n) is 2.15. The molecular formula is C8H11N7O. The zero-order valence-electron chi connectivity index (χ0n) is 8.90. The van der Waals surface area contributed by atoms with E-state index >= 15 is 0 Å². The smallest absolute Gasteiger partial charge is 0.255 e. The number of amides is 1. The lowest BCUT2D eigenvalue weighted by molar-refractivity contribution is 0.0948. The summed E-state index contributed by atoms with van der Waals surface area (Å²) >= 11 is 0. The summed E-state index contributed by atoms with van der Waals surface area (Å²) in [6, 6.07) is 0. The highest BCUT2D eigenvalue weighted by Gasteiger charge is 2.15. The summed E-state index contributed by atoms with van der Waals surface area (Å²) in [5, 5.41) is 22.5. The fourth-order valence-electron chi connectivity index (χ4n) is 1.39. The number of carbonyl (C=O) groups excluding carboxylic acids is 1. The van der Waals surface area contributed by atoms with Crippen LogP contribution in [-0.2, 0) is 6.54 Å². The second kappa shape index (κ2) is 4.09. The summed E-state index contributed by atoms with van der Waals surface area (Å²) in [6.07, 6.45) is 0. The van der Waals surface area contributed by atoms with Gasteiger partial charge in [-0.3, -0.25) is 9.89 Å². The Kier molecular flexibility index (Phi) is 2.63. The summed E-state index contributed by atoms with van der Waals surface area (Å²) in [4.78, 5) is 11.8. The normalized spacial score (nSPS) is 10.4. The van der Waals surface area contributed by atoms with Crippen LogP contribution in [0.25, 0.3) is 0 Å². The molecule has 0 saturated carbocycles. The highest BCUT2D eigenvalue weighted by molar-refractivity contribution is 5.96. The van der Waals surface area contributed by atoms with Crippen LogP contribution in [0.1, 0.15) is 27.6 Å². The van der Waals surface area contributed by atoms with Gasteiger partial charge in [0.1, 0.15) is 0 Å². The van der Waals surface area contributed by atoms with Crippen LogP contribution < -0.4 is 5.32 Å². The third-order valence-corrected chi connectivity index (χ3v) is 2.15. The van der Waals surface area contributed by atoms with Gasteiger partial charge in [-0.2, -0.15) is 10.3 Å². The number of hydrogen-bond donors (Lipinski definition) is 3. The molecule has 8 nitrogen and oxygen atoms in total. The van der Waals surface area contributed by atoms with Crippen molar-refractivity contribution in [2.45, 2.75) is 20.4 Å². The Balaban J connectivity index is 2.04. The fraction of sp³-hybridized carbons (Fsp3) is 0.375. The first kappa shape index (κ1) is 10.3. The molecule has 0 atom stereocenters. The highest BCUT2D eigenvalue weighted by Crippen LogP contribution is 2.08. The van der Waals surface area contributed by atoms with Gasteiger partial charge in [0.25, 0.3) is 5.91 Å². The fourth-order valence-corrected chi connectivity index (χ4v) is 1.39. The average Bonchev–Trinajstić information content (AvgIpc) is 2.86. The van der Waals surface area contributed by atoms with Crippen molar-refractivity contribution in [2.24, 2.45) is 0 Å². The second-order valence-electron chi connectivity index (χ2n) is 3.32. The average molecular weight is 221 g/mol. The molecule has 2 rings (SSSR count). The SMILES string of the molecule is Cc1n[nH]c(C)c1C(=O)NCc1nn[nH]n1.